The van der Waals surface area contributed by atoms with Crippen LogP contribution >= 0.6 is 0 Å². The normalized spacial score (nSPS) is 16.0. The van der Waals surface area contributed by atoms with Crippen LogP contribution in [0.5, 0.6) is 0 Å². The summed E-state index contributed by atoms with van der Waals surface area (Å²) in [5.41, 5.74) is 3.58. The molecule has 3 aliphatic rings. The average molecular weight is 1180 g/mol. The zero-order valence-corrected chi connectivity index (χ0v) is 52.6. The van der Waals surface area contributed by atoms with Gasteiger partial charge in [0.2, 0.25) is 5.91 Å². The van der Waals surface area contributed by atoms with Crippen LogP contribution < -0.4 is 10.9 Å². The van der Waals surface area contributed by atoms with Gasteiger partial charge in [0.25, 0.3) is 5.56 Å². The summed E-state index contributed by atoms with van der Waals surface area (Å²) >= 11 is 0. The van der Waals surface area contributed by atoms with Gasteiger partial charge in [-0.15, -0.1) is 0 Å². The number of urea groups is 1. The molecule has 2 aromatic carbocycles. The Balaban J connectivity index is 0.905. The maximum Gasteiger partial charge on any atom is 0.510 e. The molecule has 1 unspecified atom stereocenters. The molecule has 7 rings (SSSR count). The molecule has 0 radical (unpaired) electrons. The first-order valence-corrected chi connectivity index (χ1v) is 33.5. The predicted molar refractivity (Wildman–Crippen MR) is 338 cm³/mol. The van der Waals surface area contributed by atoms with Gasteiger partial charge in [-0.05, 0) is 106 Å². The number of piperazine rings is 1. The number of ether oxygens (including phenoxy) is 4. The Labute approximate surface area is 508 Å². The largest absolute Gasteiger partial charge is 0.510 e. The number of amides is 3. The quantitative estimate of drug-likeness (QED) is 0.0338. The van der Waals surface area contributed by atoms with Crippen LogP contribution in [-0.2, 0) is 43.6 Å². The molecule has 4 aromatic rings. The number of aryl methyl sites for hydroxylation is 1. The first-order chi connectivity index (χ1) is 41.5. The van der Waals surface area contributed by atoms with Crippen molar-refractivity contribution in [3.05, 3.63) is 75.7 Å². The van der Waals surface area contributed by atoms with Crippen molar-refractivity contribution in [2.75, 3.05) is 72.6 Å². The number of carbonyl (C=O) groups excluding carboxylic acids is 4. The van der Waals surface area contributed by atoms with Crippen molar-refractivity contribution in [1.29, 1.82) is 0 Å². The van der Waals surface area contributed by atoms with Crippen LogP contribution in [0, 0.1) is 6.92 Å². The molecular weight excluding hydrogens is 1070 g/mol. The molecule has 472 valence electrons. The number of pyridine rings is 1. The highest BCUT2D eigenvalue weighted by Gasteiger charge is 2.34. The number of aromatic nitrogens is 3. The lowest BCUT2D eigenvalue weighted by Gasteiger charge is -2.43. The Kier molecular flexibility index (Phi) is 29.2. The van der Waals surface area contributed by atoms with E-state index in [1.807, 2.05) is 60.5 Å². The molecule has 85 heavy (non-hydrogen) atoms. The monoisotopic (exact) mass is 1180 g/mol. The standard InChI is InChI=1S/C68H106N8O9/c1-5-7-9-11-13-15-17-19-21-23-25-29-45-82-67(80)84-52-75-51-58-48-55(47-54(3)63(58)70-75)49-61(65(78)73-43-41-72(42-44-73)59-35-37-71(4)38-36-59)69-66(79)74-39-33-56(34-40-74)60-50-57-31-27-28-32-62(57)76(64(60)77)53-85-68(81)83-46-30-26-24-22-20-18-16-14-12-10-8-6-2/h27-28,31-32,47-48,50-51,56,59,61H,5-26,29-30,33-46,49,52-53H2,1-4H3,(H,69,79). The fraction of sp³-hybridized carbons (Fsp3) is 0.706. The number of benzene rings is 2. The predicted octanol–water partition coefficient (Wildman–Crippen LogP) is 14.0. The van der Waals surface area contributed by atoms with Crippen molar-refractivity contribution in [1.82, 2.24) is 39.3 Å². The summed E-state index contributed by atoms with van der Waals surface area (Å²) in [6.07, 6.45) is 33.3. The van der Waals surface area contributed by atoms with Crippen LogP contribution in [0.1, 0.15) is 216 Å². The van der Waals surface area contributed by atoms with E-state index in [2.05, 4.69) is 36.0 Å². The lowest BCUT2D eigenvalue weighted by atomic mass is 9.89. The molecule has 3 saturated heterocycles. The van der Waals surface area contributed by atoms with Gasteiger partial charge in [0, 0.05) is 68.9 Å². The van der Waals surface area contributed by atoms with Crippen LogP contribution in [0.4, 0.5) is 14.4 Å². The molecule has 0 saturated carbocycles. The number of rotatable bonds is 36. The van der Waals surface area contributed by atoms with Crippen molar-refractivity contribution in [2.24, 2.45) is 0 Å². The van der Waals surface area contributed by atoms with E-state index in [1.165, 1.54) is 120 Å². The Morgan fingerprint density at radius 3 is 1.68 bits per heavy atom. The van der Waals surface area contributed by atoms with Gasteiger partial charge in [-0.2, -0.15) is 5.10 Å². The molecular formula is C68H106N8O9. The lowest BCUT2D eigenvalue weighted by molar-refractivity contribution is -0.135. The van der Waals surface area contributed by atoms with Crippen LogP contribution in [0.2, 0.25) is 0 Å². The second-order valence-electron chi connectivity index (χ2n) is 24.8. The van der Waals surface area contributed by atoms with Crippen LogP contribution in [0.3, 0.4) is 0 Å². The van der Waals surface area contributed by atoms with Crippen LogP contribution in [0.15, 0.2) is 53.5 Å². The van der Waals surface area contributed by atoms with Crippen molar-refractivity contribution in [3.8, 4) is 0 Å². The van der Waals surface area contributed by atoms with E-state index >= 15 is 0 Å². The third kappa shape index (κ3) is 22.2. The number of hydrogen-bond acceptors (Lipinski definition) is 12. The zero-order valence-electron chi connectivity index (χ0n) is 52.6. The molecule has 3 fully saturated rings. The number of nitrogens with zero attached hydrogens (tertiary/aromatic N) is 7. The Hall–Kier alpha value is -5.68. The van der Waals surface area contributed by atoms with Crippen LogP contribution in [-0.4, -0.2) is 143 Å². The summed E-state index contributed by atoms with van der Waals surface area (Å²) in [7, 11) is 2.17. The number of unbranched alkanes of at least 4 members (excludes halogenated alkanes) is 22. The van der Waals surface area contributed by atoms with E-state index in [-0.39, 0.29) is 49.9 Å². The van der Waals surface area contributed by atoms with Gasteiger partial charge in [-0.25, -0.2) is 19.1 Å². The highest BCUT2D eigenvalue weighted by atomic mass is 16.7. The van der Waals surface area contributed by atoms with Crippen molar-refractivity contribution in [2.45, 2.75) is 238 Å². The van der Waals surface area contributed by atoms with Gasteiger partial charge in [-0.3, -0.25) is 19.1 Å². The van der Waals surface area contributed by atoms with Gasteiger partial charge in [0.05, 0.1) is 24.2 Å². The average Bonchev–Trinajstić information content (AvgIpc) is 2.63. The highest BCUT2D eigenvalue weighted by molar-refractivity contribution is 5.88. The van der Waals surface area contributed by atoms with E-state index in [0.29, 0.717) is 62.7 Å². The second kappa shape index (κ2) is 37.1. The molecule has 1 atom stereocenters. The van der Waals surface area contributed by atoms with Crippen molar-refractivity contribution in [3.63, 3.8) is 0 Å². The fourth-order valence-electron chi connectivity index (χ4n) is 12.9. The minimum absolute atomic E-state index is 0.0977. The minimum atomic E-state index is -0.834. The number of piperidine rings is 2. The van der Waals surface area contributed by atoms with E-state index in [9.17, 15) is 24.0 Å². The second-order valence-corrected chi connectivity index (χ2v) is 24.8. The first-order valence-electron chi connectivity index (χ1n) is 33.5. The third-order valence-electron chi connectivity index (χ3n) is 18.1. The molecule has 5 heterocycles. The van der Waals surface area contributed by atoms with Crippen molar-refractivity contribution >= 4 is 46.1 Å². The zero-order chi connectivity index (χ0) is 60.0. The summed E-state index contributed by atoms with van der Waals surface area (Å²) in [6.45, 7) is 12.4. The maximum atomic E-state index is 14.7. The third-order valence-corrected chi connectivity index (χ3v) is 18.1. The van der Waals surface area contributed by atoms with Gasteiger partial charge >= 0.3 is 18.3 Å². The molecule has 0 bridgehead atoms. The van der Waals surface area contributed by atoms with Crippen molar-refractivity contribution < 1.29 is 38.1 Å². The topological polar surface area (TPSA) is 170 Å². The highest BCUT2D eigenvalue weighted by Crippen LogP contribution is 2.29. The summed E-state index contributed by atoms with van der Waals surface area (Å²) in [5, 5.41) is 9.60. The van der Waals surface area contributed by atoms with E-state index < -0.39 is 18.4 Å². The van der Waals surface area contributed by atoms with Gasteiger partial charge in [0.15, 0.2) is 13.5 Å². The Bertz CT molecular complexity index is 2690. The molecule has 3 aliphatic heterocycles. The van der Waals surface area contributed by atoms with Gasteiger partial charge in [0.1, 0.15) is 6.04 Å². The SMILES string of the molecule is CCCCCCCCCCCCCCOC(=O)OCn1cc2cc(CC(NC(=O)N3CCC(c4cc5ccccc5n(COC(=O)OCCCCCCCCCCCCCC)c4=O)CC3)C(=O)N3CCN(C4CCN(C)CC4)CC3)cc(C)c2n1. The molecule has 0 spiro atoms. The molecule has 0 aliphatic carbocycles. The van der Waals surface area contributed by atoms with Gasteiger partial charge < -0.3 is 39.0 Å². The number of fused-ring (bicyclic) bond motifs is 2. The Morgan fingerprint density at radius 2 is 1.12 bits per heavy atom. The minimum Gasteiger partial charge on any atom is -0.434 e. The van der Waals surface area contributed by atoms with Gasteiger partial charge in [-0.1, -0.05) is 179 Å². The summed E-state index contributed by atoms with van der Waals surface area (Å²) in [5.74, 6) is -0.249. The fourth-order valence-corrected chi connectivity index (χ4v) is 12.9. The maximum absolute atomic E-state index is 14.7. The molecule has 17 nitrogen and oxygen atoms in total. The molecule has 1 N–H and O–H groups in total. The number of carbonyl (C=O) groups is 4. The summed E-state index contributed by atoms with van der Waals surface area (Å²) in [6, 6.07) is 12.9. The van der Waals surface area contributed by atoms with E-state index in [0.717, 1.165) is 105 Å². The number of para-hydroxylation sites is 1. The Morgan fingerprint density at radius 1 is 0.588 bits per heavy atom. The molecule has 17 heteroatoms. The summed E-state index contributed by atoms with van der Waals surface area (Å²) < 4.78 is 24.9. The smallest absolute Gasteiger partial charge is 0.434 e. The number of nitrogens with one attached hydrogen (secondary N) is 1. The number of likely N-dealkylation sites (tertiary alicyclic amines) is 2. The lowest BCUT2D eigenvalue weighted by Crippen LogP contribution is -2.59. The first kappa shape index (κ1) is 66.8. The van der Waals surface area contributed by atoms with Crippen LogP contribution in [0.25, 0.3) is 21.8 Å². The molecule has 3 amide bonds. The molecule has 2 aromatic heterocycles. The number of hydrogen-bond donors (Lipinski definition) is 1. The van der Waals surface area contributed by atoms with E-state index in [1.54, 1.807) is 9.58 Å². The summed E-state index contributed by atoms with van der Waals surface area (Å²) in [4.78, 5) is 77.4. The van der Waals surface area contributed by atoms with E-state index in [4.69, 9.17) is 24.0 Å².